The van der Waals surface area contributed by atoms with Crippen LogP contribution in [0.15, 0.2) is 18.2 Å². The molecular formula is C15H23Cl3N2. The molecule has 1 aromatic rings. The zero-order chi connectivity index (χ0) is 14.3. The van der Waals surface area contributed by atoms with Crippen LogP contribution in [-0.4, -0.2) is 17.1 Å². The predicted octanol–water partition coefficient (Wildman–Crippen LogP) is 5.14. The van der Waals surface area contributed by atoms with Gasteiger partial charge in [-0.15, -0.1) is 12.4 Å². The molecule has 1 aromatic carbocycles. The van der Waals surface area contributed by atoms with Crippen LogP contribution in [0.2, 0.25) is 10.0 Å². The van der Waals surface area contributed by atoms with Gasteiger partial charge < -0.3 is 10.6 Å². The van der Waals surface area contributed by atoms with Crippen molar-refractivity contribution in [2.45, 2.75) is 57.7 Å². The molecule has 0 aromatic heterocycles. The Morgan fingerprint density at radius 1 is 1.05 bits per heavy atom. The van der Waals surface area contributed by atoms with Crippen molar-refractivity contribution in [1.29, 1.82) is 0 Å². The van der Waals surface area contributed by atoms with Crippen LogP contribution < -0.4 is 10.6 Å². The first-order valence-corrected chi connectivity index (χ1v) is 7.43. The van der Waals surface area contributed by atoms with Gasteiger partial charge in [0.1, 0.15) is 0 Å². The fourth-order valence-corrected chi connectivity index (χ4v) is 3.54. The lowest BCUT2D eigenvalue weighted by Gasteiger charge is -2.47. The van der Waals surface area contributed by atoms with Gasteiger partial charge in [-0.1, -0.05) is 23.2 Å². The number of hydrogen-bond donors (Lipinski definition) is 2. The summed E-state index contributed by atoms with van der Waals surface area (Å²) in [6, 6.07) is 6.15. The number of rotatable bonds is 2. The molecule has 20 heavy (non-hydrogen) atoms. The van der Waals surface area contributed by atoms with E-state index in [9.17, 15) is 0 Å². The molecule has 2 nitrogen and oxygen atoms in total. The standard InChI is InChI=1S/C15H22Cl2N2.ClH/c1-14(2)8-11(9-15(3,4)19-14)18-10-5-6-12(16)13(17)7-10;/h5-7,11,18-19H,8-9H2,1-4H3;1H. The Labute approximate surface area is 138 Å². The lowest BCUT2D eigenvalue weighted by Crippen LogP contribution is -2.60. The number of benzene rings is 1. The predicted molar refractivity (Wildman–Crippen MR) is 91.6 cm³/mol. The van der Waals surface area contributed by atoms with Crippen molar-refractivity contribution in [3.8, 4) is 0 Å². The molecule has 0 amide bonds. The molecule has 1 heterocycles. The van der Waals surface area contributed by atoms with E-state index >= 15 is 0 Å². The first-order chi connectivity index (χ1) is 8.67. The lowest BCUT2D eigenvalue weighted by molar-refractivity contribution is 0.170. The zero-order valence-electron chi connectivity index (χ0n) is 12.4. The fourth-order valence-electron chi connectivity index (χ4n) is 3.25. The normalized spacial score (nSPS) is 21.1. The molecule has 1 fully saturated rings. The van der Waals surface area contributed by atoms with E-state index in [-0.39, 0.29) is 23.5 Å². The maximum Gasteiger partial charge on any atom is 0.0612 e. The van der Waals surface area contributed by atoms with E-state index in [4.69, 9.17) is 23.2 Å². The number of nitrogens with one attached hydrogen (secondary N) is 2. The van der Waals surface area contributed by atoms with Crippen molar-refractivity contribution in [2.75, 3.05) is 5.32 Å². The average Bonchev–Trinajstić information content (AvgIpc) is 2.18. The van der Waals surface area contributed by atoms with Crippen LogP contribution in [0.3, 0.4) is 0 Å². The molecule has 0 spiro atoms. The highest BCUT2D eigenvalue weighted by molar-refractivity contribution is 6.42. The summed E-state index contributed by atoms with van der Waals surface area (Å²) in [7, 11) is 0. The van der Waals surface area contributed by atoms with Crippen LogP contribution in [0.4, 0.5) is 5.69 Å². The summed E-state index contributed by atoms with van der Waals surface area (Å²) < 4.78 is 0. The number of hydrogen-bond acceptors (Lipinski definition) is 2. The van der Waals surface area contributed by atoms with E-state index < -0.39 is 0 Å². The maximum atomic E-state index is 6.06. The Morgan fingerprint density at radius 3 is 2.10 bits per heavy atom. The minimum Gasteiger partial charge on any atom is -0.382 e. The van der Waals surface area contributed by atoms with E-state index in [1.165, 1.54) is 0 Å². The molecule has 0 aliphatic carbocycles. The van der Waals surface area contributed by atoms with Crippen molar-refractivity contribution in [2.24, 2.45) is 0 Å². The Morgan fingerprint density at radius 2 is 1.60 bits per heavy atom. The smallest absolute Gasteiger partial charge is 0.0612 e. The summed E-state index contributed by atoms with van der Waals surface area (Å²) in [5.41, 5.74) is 1.30. The molecule has 2 rings (SSSR count). The average molecular weight is 338 g/mol. The molecule has 0 unspecified atom stereocenters. The lowest BCUT2D eigenvalue weighted by atomic mass is 9.79. The molecule has 0 atom stereocenters. The topological polar surface area (TPSA) is 24.1 Å². The first kappa shape index (κ1) is 17.9. The van der Waals surface area contributed by atoms with Crippen molar-refractivity contribution in [3.05, 3.63) is 28.2 Å². The highest BCUT2D eigenvalue weighted by atomic mass is 35.5. The molecule has 0 radical (unpaired) electrons. The van der Waals surface area contributed by atoms with Crippen LogP contribution in [-0.2, 0) is 0 Å². The minimum atomic E-state index is 0. The monoisotopic (exact) mass is 336 g/mol. The number of piperidine rings is 1. The van der Waals surface area contributed by atoms with Gasteiger partial charge >= 0.3 is 0 Å². The van der Waals surface area contributed by atoms with Crippen LogP contribution in [0.1, 0.15) is 40.5 Å². The molecule has 0 bridgehead atoms. The third kappa shape index (κ3) is 4.70. The van der Waals surface area contributed by atoms with Crippen molar-refractivity contribution in [3.63, 3.8) is 0 Å². The molecule has 1 saturated heterocycles. The quantitative estimate of drug-likeness (QED) is 0.781. The third-order valence-corrected chi connectivity index (χ3v) is 4.22. The largest absolute Gasteiger partial charge is 0.382 e. The molecule has 5 heteroatoms. The van der Waals surface area contributed by atoms with Crippen molar-refractivity contribution >= 4 is 41.3 Å². The fraction of sp³-hybridized carbons (Fsp3) is 0.600. The van der Waals surface area contributed by atoms with E-state index in [1.54, 1.807) is 0 Å². The van der Waals surface area contributed by atoms with Crippen LogP contribution in [0, 0.1) is 0 Å². The first-order valence-electron chi connectivity index (χ1n) is 6.68. The second kappa shape index (κ2) is 6.31. The molecular weight excluding hydrogens is 315 g/mol. The summed E-state index contributed by atoms with van der Waals surface area (Å²) in [5, 5.41) is 8.45. The van der Waals surface area contributed by atoms with E-state index in [0.29, 0.717) is 16.1 Å². The molecule has 1 aliphatic heterocycles. The van der Waals surface area contributed by atoms with Gasteiger partial charge in [-0.05, 0) is 58.7 Å². The van der Waals surface area contributed by atoms with E-state index in [1.807, 2.05) is 18.2 Å². The Bertz CT molecular complexity index is 456. The maximum absolute atomic E-state index is 6.06. The van der Waals surface area contributed by atoms with Gasteiger partial charge in [0.15, 0.2) is 0 Å². The van der Waals surface area contributed by atoms with Crippen LogP contribution >= 0.6 is 35.6 Å². The van der Waals surface area contributed by atoms with Gasteiger partial charge in [0.05, 0.1) is 10.0 Å². The molecule has 114 valence electrons. The van der Waals surface area contributed by atoms with Gasteiger partial charge in [-0.25, -0.2) is 0 Å². The summed E-state index contributed by atoms with van der Waals surface area (Å²) >= 11 is 12.0. The minimum absolute atomic E-state index is 0. The summed E-state index contributed by atoms with van der Waals surface area (Å²) in [6.07, 6.45) is 2.16. The van der Waals surface area contributed by atoms with Crippen LogP contribution in [0.5, 0.6) is 0 Å². The summed E-state index contributed by atoms with van der Waals surface area (Å²) in [4.78, 5) is 0. The van der Waals surface area contributed by atoms with Crippen LogP contribution in [0.25, 0.3) is 0 Å². The van der Waals surface area contributed by atoms with Gasteiger partial charge in [0.2, 0.25) is 0 Å². The van der Waals surface area contributed by atoms with Gasteiger partial charge in [-0.2, -0.15) is 0 Å². The van der Waals surface area contributed by atoms with E-state index in [2.05, 4.69) is 38.3 Å². The Hall–Kier alpha value is -0.150. The summed E-state index contributed by atoms with van der Waals surface area (Å²) in [5.74, 6) is 0. The summed E-state index contributed by atoms with van der Waals surface area (Å²) in [6.45, 7) is 8.99. The number of halogens is 3. The van der Waals surface area contributed by atoms with Crippen molar-refractivity contribution < 1.29 is 0 Å². The SMILES string of the molecule is CC1(C)CC(Nc2ccc(Cl)c(Cl)c2)CC(C)(C)N1.Cl. The van der Waals surface area contributed by atoms with Gasteiger partial charge in [-0.3, -0.25) is 0 Å². The number of anilines is 1. The molecule has 0 saturated carbocycles. The second-order valence-corrected chi connectivity index (χ2v) is 7.59. The Balaban J connectivity index is 0.00000200. The molecule has 1 aliphatic rings. The van der Waals surface area contributed by atoms with E-state index in [0.717, 1.165) is 18.5 Å². The van der Waals surface area contributed by atoms with Gasteiger partial charge in [0.25, 0.3) is 0 Å². The highest BCUT2D eigenvalue weighted by Gasteiger charge is 2.37. The van der Waals surface area contributed by atoms with Crippen molar-refractivity contribution in [1.82, 2.24) is 5.32 Å². The third-order valence-electron chi connectivity index (χ3n) is 3.48. The zero-order valence-corrected chi connectivity index (χ0v) is 14.7. The van der Waals surface area contributed by atoms with Gasteiger partial charge in [0, 0.05) is 22.8 Å². The second-order valence-electron chi connectivity index (χ2n) is 6.77. The highest BCUT2D eigenvalue weighted by Crippen LogP contribution is 2.32. The molecule has 2 N–H and O–H groups in total. The Kier molecular flexibility index (Phi) is 5.65.